The molecule has 6 amide bonds. The van der Waals surface area contributed by atoms with Crippen LogP contribution in [0.25, 0.3) is 0 Å². The van der Waals surface area contributed by atoms with E-state index in [1.807, 2.05) is 0 Å². The highest BCUT2D eigenvalue weighted by molar-refractivity contribution is 6.32. The fraction of sp³-hybridized carbons (Fsp3) is 0.143. The Kier molecular flexibility index (Phi) is 6.20. The molecule has 3 N–H and O–H groups in total. The van der Waals surface area contributed by atoms with Crippen LogP contribution < -0.4 is 21.0 Å². The van der Waals surface area contributed by atoms with Gasteiger partial charge in [0.1, 0.15) is 0 Å². The molecule has 158 valence electrons. The van der Waals surface area contributed by atoms with Crippen molar-refractivity contribution in [3.63, 3.8) is 0 Å². The largest absolute Gasteiger partial charge is 0.335 e. The Labute approximate surface area is 177 Å². The molecule has 1 heterocycles. The van der Waals surface area contributed by atoms with Gasteiger partial charge in [-0.1, -0.05) is 12.1 Å². The van der Waals surface area contributed by atoms with Crippen LogP contribution in [0.2, 0.25) is 0 Å². The van der Waals surface area contributed by atoms with E-state index < -0.39 is 29.7 Å². The lowest BCUT2D eigenvalue weighted by Crippen LogP contribution is -2.58. The van der Waals surface area contributed by atoms with Gasteiger partial charge >= 0.3 is 6.03 Å². The summed E-state index contributed by atoms with van der Waals surface area (Å²) in [6.45, 7) is 3.17. The zero-order valence-electron chi connectivity index (χ0n) is 16.7. The second kappa shape index (κ2) is 8.99. The van der Waals surface area contributed by atoms with Gasteiger partial charge in [0.25, 0.3) is 11.8 Å². The maximum Gasteiger partial charge on any atom is 0.335 e. The summed E-state index contributed by atoms with van der Waals surface area (Å²) >= 11 is 0. The van der Waals surface area contributed by atoms with Gasteiger partial charge in [0.2, 0.25) is 11.8 Å². The molecule has 10 heteroatoms. The molecule has 31 heavy (non-hydrogen) atoms. The summed E-state index contributed by atoms with van der Waals surface area (Å²) in [5, 5.41) is 8.39. The number of hydrazone groups is 1. The van der Waals surface area contributed by atoms with Crippen molar-refractivity contribution in [1.29, 1.82) is 0 Å². The predicted molar refractivity (Wildman–Crippen MR) is 112 cm³/mol. The van der Waals surface area contributed by atoms with Gasteiger partial charge in [0, 0.05) is 24.4 Å². The number of carbonyl (C=O) groups excluding carboxylic acids is 5. The van der Waals surface area contributed by atoms with E-state index in [1.165, 1.54) is 19.1 Å². The number of anilines is 2. The van der Waals surface area contributed by atoms with E-state index in [9.17, 15) is 24.0 Å². The van der Waals surface area contributed by atoms with Crippen molar-refractivity contribution >= 4 is 47.2 Å². The summed E-state index contributed by atoms with van der Waals surface area (Å²) in [5.74, 6) is -3.83. The Morgan fingerprint density at radius 2 is 1.81 bits per heavy atom. The summed E-state index contributed by atoms with van der Waals surface area (Å²) in [4.78, 5) is 61.1. The molecule has 3 rings (SSSR count). The minimum atomic E-state index is -1.39. The van der Waals surface area contributed by atoms with Crippen molar-refractivity contribution in [3.8, 4) is 0 Å². The maximum atomic E-state index is 12.7. The van der Waals surface area contributed by atoms with Crippen LogP contribution in [-0.4, -0.2) is 35.9 Å². The average molecular weight is 421 g/mol. The Balaban J connectivity index is 1.69. The van der Waals surface area contributed by atoms with Gasteiger partial charge in [-0.15, -0.1) is 0 Å². The molecule has 0 saturated carbocycles. The summed E-state index contributed by atoms with van der Waals surface area (Å²) < 4.78 is 0. The Morgan fingerprint density at radius 1 is 1.10 bits per heavy atom. The van der Waals surface area contributed by atoms with Gasteiger partial charge < -0.3 is 5.32 Å². The Hall–Kier alpha value is -4.34. The first-order valence-corrected chi connectivity index (χ1v) is 9.23. The molecule has 0 aliphatic carbocycles. The van der Waals surface area contributed by atoms with Crippen LogP contribution in [-0.2, 0) is 14.4 Å². The Morgan fingerprint density at radius 3 is 2.45 bits per heavy atom. The fourth-order valence-corrected chi connectivity index (χ4v) is 2.88. The first-order chi connectivity index (χ1) is 14.8. The molecule has 0 radical (unpaired) electrons. The van der Waals surface area contributed by atoms with E-state index in [-0.39, 0.29) is 11.5 Å². The van der Waals surface area contributed by atoms with Gasteiger partial charge in [-0.2, -0.15) is 5.10 Å². The standard InChI is InChI=1S/C21H19N5O5/c1-12-4-3-5-16(10-12)26-20(30)17(19(29)24-21(26)31)11-22-25-18(28)14-6-8-15(9-7-14)23-13(2)27/h3-11,17H,1-2H3,(H,23,27)(H,25,28)(H,24,29,31)/b22-11-/t17-/m1/s1. The van der Waals surface area contributed by atoms with E-state index in [2.05, 4.69) is 21.2 Å². The third kappa shape index (κ3) is 4.99. The number of amides is 6. The third-order valence-electron chi connectivity index (χ3n) is 4.32. The van der Waals surface area contributed by atoms with E-state index in [1.54, 1.807) is 43.3 Å². The van der Waals surface area contributed by atoms with Gasteiger partial charge in [-0.3, -0.25) is 24.5 Å². The number of imide groups is 2. The van der Waals surface area contributed by atoms with Crippen molar-refractivity contribution in [2.24, 2.45) is 11.0 Å². The lowest BCUT2D eigenvalue weighted by Gasteiger charge is -2.28. The molecule has 0 unspecified atom stereocenters. The summed E-state index contributed by atoms with van der Waals surface area (Å²) in [6, 6.07) is 11.9. The molecule has 0 spiro atoms. The van der Waals surface area contributed by atoms with Gasteiger partial charge in [0.15, 0.2) is 5.92 Å². The maximum absolute atomic E-state index is 12.7. The highest BCUT2D eigenvalue weighted by atomic mass is 16.2. The first kappa shape index (κ1) is 21.4. The first-order valence-electron chi connectivity index (χ1n) is 9.23. The van der Waals surface area contributed by atoms with Gasteiger partial charge in [0.05, 0.1) is 5.69 Å². The molecule has 0 aromatic heterocycles. The van der Waals surface area contributed by atoms with Crippen molar-refractivity contribution in [2.45, 2.75) is 13.8 Å². The molecule has 0 bridgehead atoms. The second-order valence-electron chi connectivity index (χ2n) is 6.76. The SMILES string of the molecule is CC(=O)Nc1ccc(C(=O)N/N=C\[C@@H]2C(=O)NC(=O)N(c3cccc(C)c3)C2=O)cc1. The van der Waals surface area contributed by atoms with Crippen molar-refractivity contribution in [2.75, 3.05) is 10.2 Å². The van der Waals surface area contributed by atoms with Crippen LogP contribution in [0.5, 0.6) is 0 Å². The molecular formula is C21H19N5O5. The smallest absolute Gasteiger partial charge is 0.326 e. The van der Waals surface area contributed by atoms with Crippen LogP contribution in [0.1, 0.15) is 22.8 Å². The zero-order chi connectivity index (χ0) is 22.5. The van der Waals surface area contributed by atoms with E-state index in [0.29, 0.717) is 11.4 Å². The number of aryl methyl sites for hydroxylation is 1. The van der Waals surface area contributed by atoms with Gasteiger partial charge in [-0.05, 0) is 48.9 Å². The molecule has 1 aliphatic rings. The highest BCUT2D eigenvalue weighted by Gasteiger charge is 2.40. The number of rotatable bonds is 5. The average Bonchev–Trinajstić information content (AvgIpc) is 2.70. The van der Waals surface area contributed by atoms with Crippen LogP contribution in [0.3, 0.4) is 0 Å². The quantitative estimate of drug-likeness (QED) is 0.382. The lowest BCUT2D eigenvalue weighted by molar-refractivity contribution is -0.131. The molecule has 2 aromatic carbocycles. The number of nitrogens with one attached hydrogen (secondary N) is 3. The molecular weight excluding hydrogens is 402 g/mol. The number of carbonyl (C=O) groups is 5. The van der Waals surface area contributed by atoms with Crippen LogP contribution >= 0.6 is 0 Å². The van der Waals surface area contributed by atoms with Crippen molar-refractivity contribution in [3.05, 3.63) is 59.7 Å². The van der Waals surface area contributed by atoms with E-state index in [4.69, 9.17) is 0 Å². The molecule has 2 aromatic rings. The number of hydrogen-bond donors (Lipinski definition) is 3. The van der Waals surface area contributed by atoms with Crippen molar-refractivity contribution < 1.29 is 24.0 Å². The second-order valence-corrected chi connectivity index (χ2v) is 6.76. The zero-order valence-corrected chi connectivity index (χ0v) is 16.7. The summed E-state index contributed by atoms with van der Waals surface area (Å²) in [7, 11) is 0. The normalized spacial score (nSPS) is 16.3. The Bertz CT molecular complexity index is 1090. The summed E-state index contributed by atoms with van der Waals surface area (Å²) in [5.41, 5.74) is 4.15. The minimum absolute atomic E-state index is 0.240. The lowest BCUT2D eigenvalue weighted by atomic mass is 10.1. The number of barbiturate groups is 1. The number of benzene rings is 2. The van der Waals surface area contributed by atoms with E-state index in [0.717, 1.165) is 16.7 Å². The topological polar surface area (TPSA) is 137 Å². The molecule has 1 atom stereocenters. The predicted octanol–water partition coefficient (Wildman–Crippen LogP) is 1.57. The molecule has 1 aliphatic heterocycles. The molecule has 1 saturated heterocycles. The third-order valence-corrected chi connectivity index (χ3v) is 4.32. The van der Waals surface area contributed by atoms with Gasteiger partial charge in [-0.25, -0.2) is 15.1 Å². The van der Waals surface area contributed by atoms with E-state index >= 15 is 0 Å². The van der Waals surface area contributed by atoms with Crippen molar-refractivity contribution in [1.82, 2.24) is 10.7 Å². The minimum Gasteiger partial charge on any atom is -0.326 e. The summed E-state index contributed by atoms with van der Waals surface area (Å²) in [6.07, 6.45) is 0.969. The number of nitrogens with zero attached hydrogens (tertiary/aromatic N) is 2. The van der Waals surface area contributed by atoms with Crippen LogP contribution in [0, 0.1) is 12.8 Å². The fourth-order valence-electron chi connectivity index (χ4n) is 2.88. The van der Waals surface area contributed by atoms with Crippen LogP contribution in [0.15, 0.2) is 53.6 Å². The number of hydrogen-bond acceptors (Lipinski definition) is 6. The highest BCUT2D eigenvalue weighted by Crippen LogP contribution is 2.21. The van der Waals surface area contributed by atoms with Crippen LogP contribution in [0.4, 0.5) is 16.2 Å². The number of urea groups is 1. The monoisotopic (exact) mass is 421 g/mol. The molecule has 1 fully saturated rings. The molecule has 10 nitrogen and oxygen atoms in total.